The predicted molar refractivity (Wildman–Crippen MR) is 64.7 cm³/mol. The van der Waals surface area contributed by atoms with Crippen molar-refractivity contribution in [2.75, 3.05) is 20.7 Å². The number of quaternary nitrogens is 1. The molecule has 0 atom stereocenters. The predicted octanol–water partition coefficient (Wildman–Crippen LogP) is 1.73. The molecule has 0 aromatic heterocycles. The molecule has 15 heavy (non-hydrogen) atoms. The van der Waals surface area contributed by atoms with Gasteiger partial charge in [0.25, 0.3) is 0 Å². The SMILES string of the molecule is CC=C(N)[N+](C)(C)C(C)=CC=C(C)CO. The first-order valence-corrected chi connectivity index (χ1v) is 5.08. The summed E-state index contributed by atoms with van der Waals surface area (Å²) in [5, 5.41) is 8.87. The molecule has 0 unspecified atom stereocenters. The van der Waals surface area contributed by atoms with Gasteiger partial charge in [0.1, 0.15) is 5.70 Å². The van der Waals surface area contributed by atoms with Gasteiger partial charge in [-0.2, -0.15) is 0 Å². The molecular weight excluding hydrogens is 188 g/mol. The summed E-state index contributed by atoms with van der Waals surface area (Å²) >= 11 is 0. The van der Waals surface area contributed by atoms with Gasteiger partial charge in [-0.05, 0) is 31.6 Å². The fraction of sp³-hybridized carbons (Fsp3) is 0.500. The van der Waals surface area contributed by atoms with Crippen LogP contribution in [0.1, 0.15) is 20.8 Å². The highest BCUT2D eigenvalue weighted by atomic mass is 16.3. The van der Waals surface area contributed by atoms with Crippen LogP contribution < -0.4 is 5.73 Å². The van der Waals surface area contributed by atoms with Gasteiger partial charge in [0.2, 0.25) is 0 Å². The molecule has 0 aliphatic heterocycles. The number of rotatable bonds is 4. The van der Waals surface area contributed by atoms with Crippen LogP contribution in [0, 0.1) is 0 Å². The van der Waals surface area contributed by atoms with E-state index in [-0.39, 0.29) is 6.61 Å². The highest BCUT2D eigenvalue weighted by Gasteiger charge is 2.20. The molecule has 86 valence electrons. The zero-order valence-corrected chi connectivity index (χ0v) is 10.4. The molecule has 0 fully saturated rings. The van der Waals surface area contributed by atoms with Crippen molar-refractivity contribution in [2.24, 2.45) is 5.73 Å². The molecule has 0 aliphatic rings. The van der Waals surface area contributed by atoms with E-state index in [1.165, 1.54) is 0 Å². The maximum absolute atomic E-state index is 8.87. The van der Waals surface area contributed by atoms with Crippen molar-refractivity contribution in [3.8, 4) is 0 Å². The van der Waals surface area contributed by atoms with E-state index >= 15 is 0 Å². The standard InChI is InChI=1S/C12H23N2O/c1-6-12(13)14(4,5)11(3)8-7-10(2)9-15/h6-8,15H,9,13H2,1-5H3/q+1. The summed E-state index contributed by atoms with van der Waals surface area (Å²) in [6.45, 7) is 5.94. The van der Waals surface area contributed by atoms with Crippen molar-refractivity contribution in [3.63, 3.8) is 0 Å². The Balaban J connectivity index is 4.92. The van der Waals surface area contributed by atoms with Crippen molar-refractivity contribution in [2.45, 2.75) is 20.8 Å². The van der Waals surface area contributed by atoms with E-state index in [2.05, 4.69) is 0 Å². The van der Waals surface area contributed by atoms with Crippen LogP contribution in [-0.2, 0) is 0 Å². The number of aliphatic hydroxyl groups excluding tert-OH is 1. The maximum Gasteiger partial charge on any atom is 0.198 e. The van der Waals surface area contributed by atoms with Gasteiger partial charge in [0, 0.05) is 6.92 Å². The van der Waals surface area contributed by atoms with Gasteiger partial charge >= 0.3 is 0 Å². The Morgan fingerprint density at radius 1 is 1.27 bits per heavy atom. The number of nitrogens with zero attached hydrogens (tertiary/aromatic N) is 1. The lowest BCUT2D eigenvalue weighted by Crippen LogP contribution is -2.40. The lowest BCUT2D eigenvalue weighted by molar-refractivity contribution is -0.814. The van der Waals surface area contributed by atoms with E-state index in [1.807, 2.05) is 53.1 Å². The van der Waals surface area contributed by atoms with E-state index < -0.39 is 0 Å². The second kappa shape index (κ2) is 5.73. The quantitative estimate of drug-likeness (QED) is 0.549. The summed E-state index contributed by atoms with van der Waals surface area (Å²) in [6, 6.07) is 0. The van der Waals surface area contributed by atoms with Crippen LogP contribution in [0.3, 0.4) is 0 Å². The molecule has 3 nitrogen and oxygen atoms in total. The molecule has 3 heteroatoms. The minimum absolute atomic E-state index is 0.0936. The average Bonchev–Trinajstić information content (AvgIpc) is 2.23. The Morgan fingerprint density at radius 3 is 2.20 bits per heavy atom. The zero-order valence-electron chi connectivity index (χ0n) is 10.4. The molecule has 0 amide bonds. The molecule has 0 aromatic carbocycles. The normalized spacial score (nSPS) is 15.7. The third kappa shape index (κ3) is 3.90. The average molecular weight is 211 g/mol. The van der Waals surface area contributed by atoms with Crippen molar-refractivity contribution in [1.82, 2.24) is 0 Å². The minimum Gasteiger partial charge on any atom is -0.392 e. The molecule has 0 aromatic rings. The van der Waals surface area contributed by atoms with Crippen LogP contribution in [0.5, 0.6) is 0 Å². The summed E-state index contributed by atoms with van der Waals surface area (Å²) in [5.74, 6) is 0.804. The van der Waals surface area contributed by atoms with Gasteiger partial charge in [-0.1, -0.05) is 6.08 Å². The summed E-state index contributed by atoms with van der Waals surface area (Å²) in [5.41, 5.74) is 7.97. The Morgan fingerprint density at radius 2 is 1.80 bits per heavy atom. The summed E-state index contributed by atoms with van der Waals surface area (Å²) in [7, 11) is 4.06. The van der Waals surface area contributed by atoms with Crippen LogP contribution in [0.2, 0.25) is 0 Å². The van der Waals surface area contributed by atoms with Gasteiger partial charge in [0.05, 0.1) is 20.7 Å². The molecule has 3 N–H and O–H groups in total. The highest BCUT2D eigenvalue weighted by Crippen LogP contribution is 2.16. The first-order valence-electron chi connectivity index (χ1n) is 5.08. The van der Waals surface area contributed by atoms with Crippen molar-refractivity contribution in [3.05, 3.63) is 35.3 Å². The molecule has 0 spiro atoms. The highest BCUT2D eigenvalue weighted by molar-refractivity contribution is 5.13. The van der Waals surface area contributed by atoms with Crippen molar-refractivity contribution < 1.29 is 9.59 Å². The van der Waals surface area contributed by atoms with E-state index in [0.29, 0.717) is 4.48 Å². The smallest absolute Gasteiger partial charge is 0.198 e. The van der Waals surface area contributed by atoms with E-state index in [1.54, 1.807) is 0 Å². The maximum atomic E-state index is 8.87. The van der Waals surface area contributed by atoms with E-state index in [4.69, 9.17) is 10.8 Å². The lowest BCUT2D eigenvalue weighted by Gasteiger charge is -2.29. The summed E-state index contributed by atoms with van der Waals surface area (Å²) < 4.78 is 0.547. The molecule has 0 aliphatic carbocycles. The first kappa shape index (κ1) is 13.9. The Kier molecular flexibility index (Phi) is 5.33. The zero-order chi connectivity index (χ0) is 12.1. The Labute approximate surface area is 92.8 Å². The first-order chi connectivity index (χ1) is 6.86. The summed E-state index contributed by atoms with van der Waals surface area (Å²) in [4.78, 5) is 0. The molecular formula is C12H23N2O+. The van der Waals surface area contributed by atoms with Gasteiger partial charge < -0.3 is 10.8 Å². The number of nitrogens with two attached hydrogens (primary N) is 1. The Bertz CT molecular complexity index is 299. The lowest BCUT2D eigenvalue weighted by atomic mass is 10.2. The fourth-order valence-electron chi connectivity index (χ4n) is 1.03. The van der Waals surface area contributed by atoms with Crippen molar-refractivity contribution >= 4 is 0 Å². The topological polar surface area (TPSA) is 46.2 Å². The molecule has 0 bridgehead atoms. The van der Waals surface area contributed by atoms with Gasteiger partial charge in [-0.25, -0.2) is 0 Å². The summed E-state index contributed by atoms with van der Waals surface area (Å²) in [6.07, 6.45) is 5.81. The van der Waals surface area contributed by atoms with Gasteiger partial charge in [-0.3, -0.25) is 4.48 Å². The van der Waals surface area contributed by atoms with Crippen LogP contribution in [-0.4, -0.2) is 30.3 Å². The van der Waals surface area contributed by atoms with Crippen LogP contribution >= 0.6 is 0 Å². The number of hydrogen-bond donors (Lipinski definition) is 2. The molecule has 0 heterocycles. The van der Waals surface area contributed by atoms with Gasteiger partial charge in [-0.15, -0.1) is 0 Å². The monoisotopic (exact) mass is 211 g/mol. The number of allylic oxidation sites excluding steroid dienone is 4. The van der Waals surface area contributed by atoms with Gasteiger partial charge in [0.15, 0.2) is 5.82 Å². The van der Waals surface area contributed by atoms with Crippen LogP contribution in [0.25, 0.3) is 0 Å². The van der Waals surface area contributed by atoms with Crippen LogP contribution in [0.15, 0.2) is 35.3 Å². The molecule has 0 saturated heterocycles. The van der Waals surface area contributed by atoms with E-state index in [0.717, 1.165) is 17.1 Å². The minimum atomic E-state index is 0.0936. The fourth-order valence-corrected chi connectivity index (χ4v) is 1.03. The third-order valence-electron chi connectivity index (χ3n) is 2.68. The van der Waals surface area contributed by atoms with Crippen LogP contribution in [0.4, 0.5) is 0 Å². The number of aliphatic hydroxyl groups is 1. The largest absolute Gasteiger partial charge is 0.392 e. The third-order valence-corrected chi connectivity index (χ3v) is 2.68. The second-order valence-corrected chi connectivity index (χ2v) is 4.15. The molecule has 0 rings (SSSR count). The van der Waals surface area contributed by atoms with Crippen molar-refractivity contribution in [1.29, 1.82) is 0 Å². The second-order valence-electron chi connectivity index (χ2n) is 4.15. The number of hydrogen-bond acceptors (Lipinski definition) is 2. The van der Waals surface area contributed by atoms with E-state index in [9.17, 15) is 0 Å². The molecule has 0 radical (unpaired) electrons. The Hall–Kier alpha value is -1.06. The molecule has 0 saturated carbocycles.